The fraction of sp³-hybridized carbons (Fsp3) is 0.211. The minimum atomic E-state index is -4.40. The topological polar surface area (TPSA) is 75.9 Å². The first-order chi connectivity index (χ1) is 13.2. The van der Waals surface area contributed by atoms with E-state index in [2.05, 4.69) is 20.4 Å². The Hall–Kier alpha value is -3.36. The highest BCUT2D eigenvalue weighted by Gasteiger charge is 2.30. The lowest BCUT2D eigenvalue weighted by atomic mass is 10.1. The van der Waals surface area contributed by atoms with Gasteiger partial charge in [-0.25, -0.2) is 9.97 Å². The summed E-state index contributed by atoms with van der Waals surface area (Å²) in [6.45, 7) is 1.87. The largest absolute Gasteiger partial charge is 0.506 e. The number of alkyl halides is 3. The second-order valence-corrected chi connectivity index (χ2v) is 6.49. The summed E-state index contributed by atoms with van der Waals surface area (Å²) in [4.78, 5) is 8.82. The Labute approximate surface area is 157 Å². The summed E-state index contributed by atoms with van der Waals surface area (Å²) in [5, 5.41) is 18.8. The van der Waals surface area contributed by atoms with E-state index in [1.54, 1.807) is 30.9 Å². The maximum atomic E-state index is 12.9. The summed E-state index contributed by atoms with van der Waals surface area (Å²) in [7, 11) is 1.72. The van der Waals surface area contributed by atoms with E-state index >= 15 is 0 Å². The molecule has 6 nitrogen and oxygen atoms in total. The van der Waals surface area contributed by atoms with Crippen LogP contribution < -0.4 is 5.32 Å². The zero-order valence-corrected chi connectivity index (χ0v) is 15.0. The number of hydrogen-bond acceptors (Lipinski definition) is 5. The van der Waals surface area contributed by atoms with Crippen LogP contribution in [0.25, 0.3) is 21.8 Å². The van der Waals surface area contributed by atoms with Crippen LogP contribution in [0.15, 0.2) is 36.5 Å². The number of phenols is 1. The van der Waals surface area contributed by atoms with E-state index in [-0.39, 0.29) is 12.3 Å². The summed E-state index contributed by atoms with van der Waals surface area (Å²) in [6, 6.07) is 6.64. The maximum Gasteiger partial charge on any atom is 0.416 e. The van der Waals surface area contributed by atoms with Gasteiger partial charge in [-0.1, -0.05) is 12.1 Å². The third-order valence-corrected chi connectivity index (χ3v) is 4.49. The number of halogens is 3. The number of anilines is 1. The van der Waals surface area contributed by atoms with Gasteiger partial charge in [0.05, 0.1) is 22.7 Å². The molecule has 0 aliphatic rings. The van der Waals surface area contributed by atoms with Crippen LogP contribution >= 0.6 is 0 Å². The average Bonchev–Trinajstić information content (AvgIpc) is 3.03. The van der Waals surface area contributed by atoms with Crippen LogP contribution in [0.2, 0.25) is 0 Å². The van der Waals surface area contributed by atoms with E-state index in [0.29, 0.717) is 39.0 Å². The number of hydrogen-bond donors (Lipinski definition) is 2. The van der Waals surface area contributed by atoms with E-state index in [9.17, 15) is 18.3 Å². The van der Waals surface area contributed by atoms with Crippen LogP contribution in [0.5, 0.6) is 5.75 Å². The predicted octanol–water partition coefficient (Wildman–Crippen LogP) is 4.16. The number of nitrogens with one attached hydrogen (secondary N) is 1. The van der Waals surface area contributed by atoms with E-state index in [1.165, 1.54) is 12.1 Å². The van der Waals surface area contributed by atoms with Gasteiger partial charge in [0.15, 0.2) is 0 Å². The van der Waals surface area contributed by atoms with E-state index in [4.69, 9.17) is 0 Å². The molecule has 0 spiro atoms. The fourth-order valence-corrected chi connectivity index (χ4v) is 3.22. The number of phenolic OH excluding ortho intramolecular Hbond substituents is 1. The monoisotopic (exact) mass is 387 g/mol. The number of benzene rings is 2. The third kappa shape index (κ3) is 3.08. The SMILES string of the molecule is Cc1nc(NCc2cccc(C(F)(F)F)c2)c2cc(O)c3c(cnn3C)c2n1. The second-order valence-electron chi connectivity index (χ2n) is 6.49. The van der Waals surface area contributed by atoms with Gasteiger partial charge in [0, 0.05) is 19.0 Å². The summed E-state index contributed by atoms with van der Waals surface area (Å²) >= 11 is 0. The molecule has 4 rings (SSSR count). The molecule has 144 valence electrons. The van der Waals surface area contributed by atoms with E-state index in [1.807, 2.05) is 0 Å². The number of aryl methyl sites for hydroxylation is 2. The van der Waals surface area contributed by atoms with Gasteiger partial charge in [-0.05, 0) is 30.7 Å². The van der Waals surface area contributed by atoms with Gasteiger partial charge < -0.3 is 10.4 Å². The molecule has 4 aromatic rings. The number of fused-ring (bicyclic) bond motifs is 3. The highest BCUT2D eigenvalue weighted by atomic mass is 19.4. The molecule has 2 aromatic heterocycles. The van der Waals surface area contributed by atoms with Crippen LogP contribution in [0, 0.1) is 6.92 Å². The van der Waals surface area contributed by atoms with Crippen molar-refractivity contribution in [2.24, 2.45) is 7.05 Å². The van der Waals surface area contributed by atoms with Crippen molar-refractivity contribution in [3.63, 3.8) is 0 Å². The van der Waals surface area contributed by atoms with Crippen molar-refractivity contribution >= 4 is 27.6 Å². The van der Waals surface area contributed by atoms with Gasteiger partial charge in [0.25, 0.3) is 0 Å². The van der Waals surface area contributed by atoms with Crippen molar-refractivity contribution in [1.29, 1.82) is 0 Å². The summed E-state index contributed by atoms with van der Waals surface area (Å²) in [5.41, 5.74) is 0.922. The Kier molecular flexibility index (Phi) is 4.10. The fourth-order valence-electron chi connectivity index (χ4n) is 3.22. The van der Waals surface area contributed by atoms with Gasteiger partial charge in [-0.3, -0.25) is 4.68 Å². The van der Waals surface area contributed by atoms with Crippen molar-refractivity contribution < 1.29 is 18.3 Å². The van der Waals surface area contributed by atoms with Crippen LogP contribution in [0.1, 0.15) is 17.0 Å². The molecule has 0 aliphatic carbocycles. The smallest absolute Gasteiger partial charge is 0.416 e. The minimum absolute atomic E-state index is 0.0251. The highest BCUT2D eigenvalue weighted by Crippen LogP contribution is 2.34. The van der Waals surface area contributed by atoms with Crippen LogP contribution in [0.4, 0.5) is 19.0 Å². The van der Waals surface area contributed by atoms with Gasteiger partial charge in [-0.2, -0.15) is 18.3 Å². The lowest BCUT2D eigenvalue weighted by molar-refractivity contribution is -0.137. The maximum absolute atomic E-state index is 12.9. The lowest BCUT2D eigenvalue weighted by Gasteiger charge is -2.12. The number of rotatable bonds is 3. The van der Waals surface area contributed by atoms with E-state index in [0.717, 1.165) is 12.1 Å². The molecule has 0 radical (unpaired) electrons. The van der Waals surface area contributed by atoms with Gasteiger partial charge in [0.1, 0.15) is 22.9 Å². The molecule has 28 heavy (non-hydrogen) atoms. The molecule has 0 bridgehead atoms. The predicted molar refractivity (Wildman–Crippen MR) is 99.0 cm³/mol. The molecule has 0 saturated carbocycles. The zero-order chi connectivity index (χ0) is 20.1. The normalized spacial score (nSPS) is 12.0. The molecule has 2 N–H and O–H groups in total. The second kappa shape index (κ2) is 6.36. The molecule has 0 atom stereocenters. The quantitative estimate of drug-likeness (QED) is 0.552. The summed E-state index contributed by atoms with van der Waals surface area (Å²) in [5.74, 6) is 0.952. The molecular formula is C19H16F3N5O. The van der Waals surface area contributed by atoms with Crippen molar-refractivity contribution in [2.45, 2.75) is 19.6 Å². The standard InChI is InChI=1S/C19H16F3N5O/c1-10-25-16-13(7-15(28)17-14(16)9-24-27(17)2)18(26-10)23-8-11-4-3-5-12(6-11)19(20,21)22/h3-7,9,28H,8H2,1-2H3,(H,23,25,26). The first-order valence-corrected chi connectivity index (χ1v) is 8.46. The molecule has 2 heterocycles. The Morgan fingerprint density at radius 1 is 1.14 bits per heavy atom. The van der Waals surface area contributed by atoms with Gasteiger partial charge in [0.2, 0.25) is 0 Å². The Morgan fingerprint density at radius 2 is 1.93 bits per heavy atom. The average molecular weight is 387 g/mol. The lowest BCUT2D eigenvalue weighted by Crippen LogP contribution is -2.08. The van der Waals surface area contributed by atoms with Crippen LogP contribution in [0.3, 0.4) is 0 Å². The van der Waals surface area contributed by atoms with Crippen molar-refractivity contribution in [3.05, 3.63) is 53.5 Å². The molecule has 0 fully saturated rings. The Balaban J connectivity index is 1.75. The Bertz CT molecular complexity index is 1200. The number of nitrogens with zero attached hydrogens (tertiary/aromatic N) is 4. The van der Waals surface area contributed by atoms with E-state index < -0.39 is 11.7 Å². The van der Waals surface area contributed by atoms with Gasteiger partial charge >= 0.3 is 6.18 Å². The molecule has 0 aliphatic heterocycles. The molecular weight excluding hydrogens is 371 g/mol. The summed E-state index contributed by atoms with van der Waals surface area (Å²) in [6.07, 6.45) is -2.79. The molecule has 9 heteroatoms. The number of aromatic hydroxyl groups is 1. The number of aromatic nitrogens is 4. The first-order valence-electron chi connectivity index (χ1n) is 8.46. The molecule has 0 saturated heterocycles. The Morgan fingerprint density at radius 3 is 2.68 bits per heavy atom. The summed E-state index contributed by atoms with van der Waals surface area (Å²) < 4.78 is 40.3. The third-order valence-electron chi connectivity index (χ3n) is 4.49. The zero-order valence-electron chi connectivity index (χ0n) is 15.0. The molecule has 0 amide bonds. The minimum Gasteiger partial charge on any atom is -0.506 e. The van der Waals surface area contributed by atoms with Crippen LogP contribution in [-0.2, 0) is 19.8 Å². The highest BCUT2D eigenvalue weighted by molar-refractivity contribution is 6.09. The first kappa shape index (κ1) is 18.0. The van der Waals surface area contributed by atoms with Crippen molar-refractivity contribution in [1.82, 2.24) is 19.7 Å². The van der Waals surface area contributed by atoms with Crippen LogP contribution in [-0.4, -0.2) is 24.9 Å². The van der Waals surface area contributed by atoms with Crippen molar-refractivity contribution in [2.75, 3.05) is 5.32 Å². The van der Waals surface area contributed by atoms with Gasteiger partial charge in [-0.15, -0.1) is 0 Å². The molecule has 0 unspecified atom stereocenters. The van der Waals surface area contributed by atoms with Crippen molar-refractivity contribution in [3.8, 4) is 5.75 Å². The molecule has 2 aromatic carbocycles.